The summed E-state index contributed by atoms with van der Waals surface area (Å²) in [5.41, 5.74) is 0.523. The Morgan fingerprint density at radius 1 is 1.15 bits per heavy atom. The summed E-state index contributed by atoms with van der Waals surface area (Å²) in [6.45, 7) is 6.66. The highest BCUT2D eigenvalue weighted by Crippen LogP contribution is 2.44. The summed E-state index contributed by atoms with van der Waals surface area (Å²) in [6.07, 6.45) is 7.89. The molecule has 7 rings (SSSR count). The lowest BCUT2D eigenvalue weighted by molar-refractivity contribution is 0.109. The summed E-state index contributed by atoms with van der Waals surface area (Å²) in [5, 5.41) is 1.37. The van der Waals surface area contributed by atoms with Gasteiger partial charge in [0.1, 0.15) is 35.1 Å². The Morgan fingerprint density at radius 3 is 2.79 bits per heavy atom. The largest absolute Gasteiger partial charge is 0.462 e. The van der Waals surface area contributed by atoms with E-state index in [1.165, 1.54) is 6.07 Å². The van der Waals surface area contributed by atoms with Gasteiger partial charge in [-0.05, 0) is 49.8 Å². The number of rotatable bonds is 5. The Morgan fingerprint density at radius 2 is 2.00 bits per heavy atom. The number of benzene rings is 2. The monoisotopic (exact) mass is 637 g/mol. The first kappa shape index (κ1) is 31.0. The normalized spacial score (nSPS) is 23.6. The van der Waals surface area contributed by atoms with Crippen LogP contribution in [-0.2, 0) is 4.74 Å². The van der Waals surface area contributed by atoms with Gasteiger partial charge in [0.2, 0.25) is 0 Å². The van der Waals surface area contributed by atoms with Gasteiger partial charge in [-0.3, -0.25) is 0 Å². The van der Waals surface area contributed by atoms with Gasteiger partial charge < -0.3 is 19.3 Å². The highest BCUT2D eigenvalue weighted by atomic mass is 19.1. The van der Waals surface area contributed by atoms with E-state index in [4.69, 9.17) is 25.9 Å². The van der Waals surface area contributed by atoms with Gasteiger partial charge in [-0.2, -0.15) is 9.97 Å². The third-order valence-corrected chi connectivity index (χ3v) is 9.56. The third kappa shape index (κ3) is 5.46. The van der Waals surface area contributed by atoms with Crippen LogP contribution < -0.4 is 9.64 Å². The molecule has 0 amide bonds. The van der Waals surface area contributed by atoms with Crippen molar-refractivity contribution in [3.8, 4) is 41.5 Å². The van der Waals surface area contributed by atoms with Crippen molar-refractivity contribution in [3.05, 3.63) is 65.1 Å². The molecule has 0 N–H and O–H groups in total. The van der Waals surface area contributed by atoms with Gasteiger partial charge in [0.05, 0.1) is 30.5 Å². The van der Waals surface area contributed by atoms with Crippen LogP contribution in [0.25, 0.3) is 32.9 Å². The molecule has 3 atom stereocenters. The van der Waals surface area contributed by atoms with Crippen LogP contribution in [0.4, 0.5) is 19.0 Å². The van der Waals surface area contributed by atoms with Gasteiger partial charge in [-0.1, -0.05) is 43.0 Å². The number of hydrogen-bond acceptors (Lipinski definition) is 7. The molecule has 7 nitrogen and oxygen atoms in total. The predicted octanol–water partition coefficient (Wildman–Crippen LogP) is 6.28. The second kappa shape index (κ2) is 12.2. The van der Waals surface area contributed by atoms with Crippen molar-refractivity contribution in [2.75, 3.05) is 51.4 Å². The van der Waals surface area contributed by atoms with Gasteiger partial charge >= 0.3 is 6.01 Å². The average Bonchev–Trinajstić information content (AvgIpc) is 3.86. The van der Waals surface area contributed by atoms with Crippen LogP contribution in [0.1, 0.15) is 37.9 Å². The molecule has 1 saturated carbocycles. The molecule has 0 radical (unpaired) electrons. The van der Waals surface area contributed by atoms with Crippen molar-refractivity contribution in [1.29, 1.82) is 0 Å². The predicted molar refractivity (Wildman–Crippen MR) is 176 cm³/mol. The number of hydrogen-bond donors (Lipinski definition) is 0. The lowest BCUT2D eigenvalue weighted by Crippen LogP contribution is -2.44. The fourth-order valence-electron chi connectivity index (χ4n) is 7.04. The zero-order valence-electron chi connectivity index (χ0n) is 26.5. The number of terminal acetylenes is 1. The van der Waals surface area contributed by atoms with Crippen molar-refractivity contribution in [2.24, 2.45) is 11.3 Å². The molecule has 10 heteroatoms. The summed E-state index contributed by atoms with van der Waals surface area (Å²) >= 11 is 0. The topological polar surface area (TPSA) is 63.6 Å². The van der Waals surface area contributed by atoms with E-state index in [-0.39, 0.29) is 41.1 Å². The Balaban J connectivity index is 1.45. The van der Waals surface area contributed by atoms with Crippen molar-refractivity contribution in [1.82, 2.24) is 19.9 Å². The average molecular weight is 638 g/mol. The number of fused-ring (bicyclic) bond motifs is 3. The molecule has 2 unspecified atom stereocenters. The van der Waals surface area contributed by atoms with Crippen molar-refractivity contribution >= 4 is 27.5 Å². The van der Waals surface area contributed by atoms with Crippen LogP contribution in [0.3, 0.4) is 0 Å². The second-order valence-corrected chi connectivity index (χ2v) is 12.8. The number of nitrogens with zero attached hydrogens (tertiary/aromatic N) is 5. The molecule has 4 aromatic rings. The highest BCUT2D eigenvalue weighted by Gasteiger charge is 2.45. The smallest absolute Gasteiger partial charge is 0.319 e. The SMILES string of the molecule is C#Cc1c(F)ccc2cccc(-c3nc(C#CC)c4c(N5CCOCC6CC65)nc(OC[C@]5(C)CN(C)CC/C5=C\F)nc4c3F)c12. The highest BCUT2D eigenvalue weighted by molar-refractivity contribution is 6.03. The van der Waals surface area contributed by atoms with Crippen LogP contribution in [0.2, 0.25) is 0 Å². The summed E-state index contributed by atoms with van der Waals surface area (Å²) < 4.78 is 58.1. The molecular formula is C37H34F3N5O2. The molecule has 3 fully saturated rings. The zero-order chi connectivity index (χ0) is 32.9. The maximum atomic E-state index is 17.1. The molecule has 3 aliphatic rings. The van der Waals surface area contributed by atoms with Gasteiger partial charge in [0, 0.05) is 48.0 Å². The van der Waals surface area contributed by atoms with E-state index in [9.17, 15) is 8.78 Å². The molecule has 4 heterocycles. The first-order valence-corrected chi connectivity index (χ1v) is 15.7. The maximum Gasteiger partial charge on any atom is 0.319 e. The molecule has 2 aliphatic heterocycles. The van der Waals surface area contributed by atoms with Crippen LogP contribution in [0, 0.1) is 47.2 Å². The standard InChI is InChI=1S/C37H34F3N5O2/c1-5-8-28-31-34(32(40)33(41-28)26-10-7-9-22-11-12-27(39)25(6-2)30(22)26)42-36(43-35(31)45-15-16-46-19-23-17-29(23)45)47-21-37(3)20-44(4)14-13-24(37)18-38/h2,7,9-12,18,23,29H,13-17,19-21H2,1,3-4H3/b24-18+/t23?,29?,37-/m0/s1. The molecule has 2 aromatic heterocycles. The minimum Gasteiger partial charge on any atom is -0.462 e. The summed E-state index contributed by atoms with van der Waals surface area (Å²) in [4.78, 5) is 18.5. The lowest BCUT2D eigenvalue weighted by atomic mass is 9.78. The van der Waals surface area contributed by atoms with Gasteiger partial charge in [0.25, 0.3) is 0 Å². The number of likely N-dealkylation sites (tertiary alicyclic amines) is 1. The fraction of sp³-hybridized carbons (Fsp3) is 0.378. The minimum atomic E-state index is -0.735. The zero-order valence-corrected chi connectivity index (χ0v) is 26.5. The first-order valence-electron chi connectivity index (χ1n) is 15.7. The number of piperidine rings is 1. The van der Waals surface area contributed by atoms with Crippen LogP contribution in [0.15, 0.2) is 42.2 Å². The van der Waals surface area contributed by atoms with Crippen LogP contribution in [0.5, 0.6) is 6.01 Å². The van der Waals surface area contributed by atoms with Crippen molar-refractivity contribution < 1.29 is 22.6 Å². The number of aromatic nitrogens is 3. The second-order valence-electron chi connectivity index (χ2n) is 12.8. The van der Waals surface area contributed by atoms with Crippen molar-refractivity contribution in [2.45, 2.75) is 32.7 Å². The molecule has 0 spiro atoms. The van der Waals surface area contributed by atoms with E-state index in [0.29, 0.717) is 78.1 Å². The Hall–Kier alpha value is -4.64. The molecule has 1 aliphatic carbocycles. The minimum absolute atomic E-state index is 0.0154. The van der Waals surface area contributed by atoms with E-state index in [1.54, 1.807) is 31.2 Å². The Kier molecular flexibility index (Phi) is 8.03. The summed E-state index contributed by atoms with van der Waals surface area (Å²) in [5.74, 6) is 7.85. The summed E-state index contributed by atoms with van der Waals surface area (Å²) in [6, 6.07) is 8.20. The van der Waals surface area contributed by atoms with Gasteiger partial charge in [-0.15, -0.1) is 6.42 Å². The van der Waals surface area contributed by atoms with Gasteiger partial charge in [-0.25, -0.2) is 18.2 Å². The van der Waals surface area contributed by atoms with Crippen molar-refractivity contribution in [3.63, 3.8) is 0 Å². The molecule has 0 bridgehead atoms. The van der Waals surface area contributed by atoms with E-state index < -0.39 is 17.0 Å². The molecular weight excluding hydrogens is 603 g/mol. The van der Waals surface area contributed by atoms with E-state index >= 15 is 4.39 Å². The number of halogens is 3. The molecule has 240 valence electrons. The third-order valence-electron chi connectivity index (χ3n) is 9.56. The van der Waals surface area contributed by atoms with Crippen LogP contribution in [-0.4, -0.2) is 72.4 Å². The van der Waals surface area contributed by atoms with Gasteiger partial charge in [0.15, 0.2) is 5.82 Å². The molecule has 2 saturated heterocycles. The number of ether oxygens (including phenoxy) is 2. The quantitative estimate of drug-likeness (QED) is 0.239. The van der Waals surface area contributed by atoms with E-state index in [0.717, 1.165) is 13.0 Å². The fourth-order valence-corrected chi connectivity index (χ4v) is 7.04. The Bertz CT molecular complexity index is 2050. The van der Waals surface area contributed by atoms with Crippen LogP contribution >= 0.6 is 0 Å². The van der Waals surface area contributed by atoms with E-state index in [1.807, 2.05) is 14.0 Å². The molecule has 47 heavy (non-hydrogen) atoms. The maximum absolute atomic E-state index is 17.1. The van der Waals surface area contributed by atoms with E-state index in [2.05, 4.69) is 32.5 Å². The number of pyridine rings is 1. The number of anilines is 1. The first-order chi connectivity index (χ1) is 22.8. The molecule has 2 aromatic carbocycles. The lowest BCUT2D eigenvalue weighted by Gasteiger charge is -2.40. The Labute approximate surface area is 271 Å². The summed E-state index contributed by atoms with van der Waals surface area (Å²) in [7, 11) is 1.98.